The summed E-state index contributed by atoms with van der Waals surface area (Å²) in [6, 6.07) is 14.8. The minimum atomic E-state index is -5.18. The summed E-state index contributed by atoms with van der Waals surface area (Å²) in [6.45, 7) is 7.00. The molecular weight excluding hydrogens is 502 g/mol. The standard InChI is InChI=1S/C30H36F6N2/c1-21(2)38(18-16-23-9-5-4-6-10-23)22(3)15-17-28(20-37,24-11-7-8-12-24)25-13-14-26(29(31,32)33)27(19-25)30(34,35)36/h4-6,9-10,13-14,19,21-22,24H,7-8,11-12,15-18H2,1-3H3. The van der Waals surface area contributed by atoms with Crippen LogP contribution in [-0.2, 0) is 24.2 Å². The lowest BCUT2D eigenvalue weighted by Gasteiger charge is -2.38. The van der Waals surface area contributed by atoms with E-state index in [2.05, 4.69) is 43.9 Å². The van der Waals surface area contributed by atoms with Crippen LogP contribution in [0.4, 0.5) is 26.3 Å². The molecule has 3 rings (SSSR count). The molecular formula is C30H36F6N2. The summed E-state index contributed by atoms with van der Waals surface area (Å²) in [4.78, 5) is 2.32. The maximum Gasteiger partial charge on any atom is 0.417 e. The Balaban J connectivity index is 1.92. The molecule has 0 bridgehead atoms. The minimum absolute atomic E-state index is 0.0318. The van der Waals surface area contributed by atoms with Crippen molar-refractivity contribution in [1.29, 1.82) is 5.26 Å². The Bertz CT molecular complexity index is 1080. The van der Waals surface area contributed by atoms with Crippen LogP contribution in [0.25, 0.3) is 0 Å². The Morgan fingerprint density at radius 1 is 0.895 bits per heavy atom. The molecule has 2 atom stereocenters. The van der Waals surface area contributed by atoms with Crippen LogP contribution in [0.1, 0.15) is 81.5 Å². The molecule has 208 valence electrons. The van der Waals surface area contributed by atoms with E-state index < -0.39 is 28.9 Å². The zero-order valence-corrected chi connectivity index (χ0v) is 22.2. The molecule has 1 aliphatic rings. The lowest BCUT2D eigenvalue weighted by Crippen LogP contribution is -2.42. The van der Waals surface area contributed by atoms with Gasteiger partial charge in [0.1, 0.15) is 0 Å². The van der Waals surface area contributed by atoms with E-state index >= 15 is 0 Å². The summed E-state index contributed by atoms with van der Waals surface area (Å²) in [5.41, 5.74) is -3.48. The lowest BCUT2D eigenvalue weighted by atomic mass is 9.66. The number of rotatable bonds is 10. The molecule has 0 heterocycles. The van der Waals surface area contributed by atoms with Crippen molar-refractivity contribution in [3.8, 4) is 6.07 Å². The van der Waals surface area contributed by atoms with Crippen molar-refractivity contribution in [3.63, 3.8) is 0 Å². The van der Waals surface area contributed by atoms with Gasteiger partial charge in [-0.3, -0.25) is 4.90 Å². The number of nitrogens with zero attached hydrogens (tertiary/aromatic N) is 2. The molecule has 2 aromatic carbocycles. The van der Waals surface area contributed by atoms with Crippen molar-refractivity contribution >= 4 is 0 Å². The summed E-state index contributed by atoms with van der Waals surface area (Å²) < 4.78 is 81.6. The number of hydrogen-bond donors (Lipinski definition) is 0. The van der Waals surface area contributed by atoms with Crippen LogP contribution >= 0.6 is 0 Å². The van der Waals surface area contributed by atoms with Gasteiger partial charge in [-0.1, -0.05) is 49.2 Å². The average Bonchev–Trinajstić information content (AvgIpc) is 3.39. The highest BCUT2D eigenvalue weighted by atomic mass is 19.4. The molecule has 0 N–H and O–H groups in total. The topological polar surface area (TPSA) is 27.0 Å². The van der Waals surface area contributed by atoms with E-state index in [9.17, 15) is 31.6 Å². The van der Waals surface area contributed by atoms with E-state index in [4.69, 9.17) is 0 Å². The van der Waals surface area contributed by atoms with E-state index in [0.29, 0.717) is 31.4 Å². The van der Waals surface area contributed by atoms with Gasteiger partial charge in [-0.2, -0.15) is 31.6 Å². The smallest absolute Gasteiger partial charge is 0.298 e. The molecule has 2 aromatic rings. The monoisotopic (exact) mass is 538 g/mol. The molecule has 0 aliphatic heterocycles. The molecule has 1 saturated carbocycles. The predicted molar refractivity (Wildman–Crippen MR) is 136 cm³/mol. The van der Waals surface area contributed by atoms with Crippen LogP contribution in [0, 0.1) is 17.2 Å². The van der Waals surface area contributed by atoms with Crippen molar-refractivity contribution in [2.24, 2.45) is 5.92 Å². The van der Waals surface area contributed by atoms with Crippen LogP contribution < -0.4 is 0 Å². The van der Waals surface area contributed by atoms with Crippen LogP contribution in [0.15, 0.2) is 48.5 Å². The average molecular weight is 539 g/mol. The van der Waals surface area contributed by atoms with Gasteiger partial charge in [0.25, 0.3) is 0 Å². The third-order valence-corrected chi connectivity index (χ3v) is 8.08. The van der Waals surface area contributed by atoms with Gasteiger partial charge < -0.3 is 0 Å². The lowest BCUT2D eigenvalue weighted by molar-refractivity contribution is -0.162. The quantitative estimate of drug-likeness (QED) is 0.283. The van der Waals surface area contributed by atoms with E-state index in [1.165, 1.54) is 5.56 Å². The molecule has 1 aliphatic carbocycles. The van der Waals surface area contributed by atoms with Gasteiger partial charge in [0.05, 0.1) is 22.6 Å². The molecule has 0 spiro atoms. The molecule has 0 aromatic heterocycles. The second-order valence-corrected chi connectivity index (χ2v) is 10.8. The fourth-order valence-electron chi connectivity index (χ4n) is 6.01. The van der Waals surface area contributed by atoms with Gasteiger partial charge in [0.15, 0.2) is 0 Å². The third-order valence-electron chi connectivity index (χ3n) is 8.08. The second-order valence-electron chi connectivity index (χ2n) is 10.8. The highest BCUT2D eigenvalue weighted by Gasteiger charge is 2.47. The molecule has 1 fully saturated rings. The van der Waals surface area contributed by atoms with Crippen molar-refractivity contribution in [2.75, 3.05) is 6.54 Å². The highest BCUT2D eigenvalue weighted by molar-refractivity contribution is 5.43. The number of halogens is 6. The Hall–Kier alpha value is -2.53. The van der Waals surface area contributed by atoms with Gasteiger partial charge >= 0.3 is 12.4 Å². The van der Waals surface area contributed by atoms with Crippen molar-refractivity contribution in [3.05, 3.63) is 70.8 Å². The van der Waals surface area contributed by atoms with E-state index in [1.54, 1.807) is 0 Å². The van der Waals surface area contributed by atoms with E-state index in [1.807, 2.05) is 18.2 Å². The fourth-order valence-corrected chi connectivity index (χ4v) is 6.01. The first kappa shape index (κ1) is 30.0. The van der Waals surface area contributed by atoms with Gasteiger partial charge in [0, 0.05) is 18.6 Å². The first-order valence-corrected chi connectivity index (χ1v) is 13.3. The normalized spacial score (nSPS) is 17.5. The van der Waals surface area contributed by atoms with Gasteiger partial charge in [-0.05, 0) is 82.1 Å². The van der Waals surface area contributed by atoms with Crippen LogP contribution in [0.2, 0.25) is 0 Å². The Labute approximate surface area is 221 Å². The molecule has 0 saturated heterocycles. The number of nitriles is 1. The summed E-state index contributed by atoms with van der Waals surface area (Å²) in [5.74, 6) is -0.200. The van der Waals surface area contributed by atoms with Gasteiger partial charge in [0.2, 0.25) is 0 Å². The van der Waals surface area contributed by atoms with Crippen molar-refractivity contribution in [1.82, 2.24) is 4.90 Å². The third kappa shape index (κ3) is 6.91. The maximum atomic E-state index is 13.8. The Morgan fingerprint density at radius 3 is 2.03 bits per heavy atom. The Kier molecular flexibility index (Phi) is 9.57. The summed E-state index contributed by atoms with van der Waals surface area (Å²) >= 11 is 0. The highest BCUT2D eigenvalue weighted by Crippen LogP contribution is 2.48. The molecule has 0 amide bonds. The molecule has 38 heavy (non-hydrogen) atoms. The number of hydrogen-bond acceptors (Lipinski definition) is 2. The number of alkyl halides is 6. The largest absolute Gasteiger partial charge is 0.417 e. The summed E-state index contributed by atoms with van der Waals surface area (Å²) in [6.07, 6.45) is -5.61. The second kappa shape index (κ2) is 12.1. The van der Waals surface area contributed by atoms with E-state index in [-0.39, 0.29) is 30.0 Å². The first-order chi connectivity index (χ1) is 17.8. The molecule has 0 radical (unpaired) electrons. The minimum Gasteiger partial charge on any atom is -0.298 e. The molecule has 2 unspecified atom stereocenters. The van der Waals surface area contributed by atoms with Gasteiger partial charge in [-0.15, -0.1) is 0 Å². The summed E-state index contributed by atoms with van der Waals surface area (Å²) in [7, 11) is 0. The van der Waals surface area contributed by atoms with Crippen molar-refractivity contribution in [2.45, 2.75) is 95.6 Å². The summed E-state index contributed by atoms with van der Waals surface area (Å²) in [5, 5.41) is 10.5. The SMILES string of the molecule is CC(C)N(CCc1ccccc1)C(C)CCC(C#N)(c1ccc(C(F)(F)F)c(C(F)(F)F)c1)C1CCCC1. The zero-order chi connectivity index (χ0) is 28.1. The van der Waals surface area contributed by atoms with Crippen molar-refractivity contribution < 1.29 is 26.3 Å². The maximum absolute atomic E-state index is 13.8. The Morgan fingerprint density at radius 2 is 1.50 bits per heavy atom. The van der Waals surface area contributed by atoms with Gasteiger partial charge in [-0.25, -0.2) is 0 Å². The van der Waals surface area contributed by atoms with Crippen LogP contribution in [-0.4, -0.2) is 23.5 Å². The molecule has 2 nitrogen and oxygen atoms in total. The first-order valence-electron chi connectivity index (χ1n) is 13.3. The zero-order valence-electron chi connectivity index (χ0n) is 22.2. The van der Waals surface area contributed by atoms with E-state index in [0.717, 1.165) is 31.9 Å². The van der Waals surface area contributed by atoms with Crippen LogP contribution in [0.3, 0.4) is 0 Å². The predicted octanol–water partition coefficient (Wildman–Crippen LogP) is 8.80. The van der Waals surface area contributed by atoms with Crippen LogP contribution in [0.5, 0.6) is 0 Å². The number of benzene rings is 2. The fraction of sp³-hybridized carbons (Fsp3) is 0.567. The molecule has 8 heteroatoms.